The Labute approximate surface area is 70.0 Å². The van der Waals surface area contributed by atoms with Gasteiger partial charge in [0.05, 0.1) is 19.8 Å². The van der Waals surface area contributed by atoms with Gasteiger partial charge in [-0.15, -0.1) is 0 Å². The first-order valence-electron chi connectivity index (χ1n) is 3.70. The summed E-state index contributed by atoms with van der Waals surface area (Å²) in [4.78, 5) is 21.5. The summed E-state index contributed by atoms with van der Waals surface area (Å²) < 4.78 is 9.24. The van der Waals surface area contributed by atoms with Crippen molar-refractivity contribution in [1.29, 1.82) is 0 Å². The topological polar surface area (TPSA) is 64.6 Å². The second-order valence-corrected chi connectivity index (χ2v) is 2.53. The molecule has 1 amide bonds. The maximum Gasteiger partial charge on any atom is 0.396 e. The summed E-state index contributed by atoms with van der Waals surface area (Å²) in [6.45, 7) is 1.11. The first kappa shape index (κ1) is 8.99. The second-order valence-electron chi connectivity index (χ2n) is 2.53. The zero-order valence-electron chi connectivity index (χ0n) is 6.83. The predicted octanol–water partition coefficient (Wildman–Crippen LogP) is -0.935. The van der Waals surface area contributed by atoms with Crippen molar-refractivity contribution in [3.8, 4) is 0 Å². The van der Waals surface area contributed by atoms with Crippen LogP contribution in [0, 0.1) is 0 Å². The summed E-state index contributed by atoms with van der Waals surface area (Å²) >= 11 is 0. The maximum atomic E-state index is 10.9. The lowest BCUT2D eigenvalue weighted by Gasteiger charge is -2.07. The van der Waals surface area contributed by atoms with Crippen LogP contribution in [-0.2, 0) is 19.1 Å². The molecule has 0 spiro atoms. The van der Waals surface area contributed by atoms with Crippen molar-refractivity contribution in [3.63, 3.8) is 0 Å². The molecule has 12 heavy (non-hydrogen) atoms. The van der Waals surface area contributed by atoms with Crippen molar-refractivity contribution in [1.82, 2.24) is 5.32 Å². The fourth-order valence-corrected chi connectivity index (χ4v) is 0.985. The van der Waals surface area contributed by atoms with Gasteiger partial charge in [-0.05, 0) is 6.42 Å². The highest BCUT2D eigenvalue weighted by Crippen LogP contribution is 2.02. The number of carbonyl (C=O) groups is 2. The Kier molecular flexibility index (Phi) is 3.04. The molecule has 0 bridgehead atoms. The van der Waals surface area contributed by atoms with E-state index in [9.17, 15) is 9.59 Å². The molecule has 0 aromatic rings. The second kappa shape index (κ2) is 4.06. The van der Waals surface area contributed by atoms with Crippen molar-refractivity contribution in [2.45, 2.75) is 12.5 Å². The van der Waals surface area contributed by atoms with Crippen LogP contribution >= 0.6 is 0 Å². The van der Waals surface area contributed by atoms with Crippen LogP contribution in [0.1, 0.15) is 6.42 Å². The van der Waals surface area contributed by atoms with Crippen molar-refractivity contribution < 1.29 is 19.1 Å². The van der Waals surface area contributed by atoms with Gasteiger partial charge in [0, 0.05) is 6.61 Å². The van der Waals surface area contributed by atoms with Gasteiger partial charge >= 0.3 is 11.9 Å². The van der Waals surface area contributed by atoms with Gasteiger partial charge in [0.25, 0.3) is 0 Å². The average Bonchev–Trinajstić information content (AvgIpc) is 2.55. The van der Waals surface area contributed by atoms with Crippen LogP contribution in [-0.4, -0.2) is 38.2 Å². The lowest BCUT2D eigenvalue weighted by Crippen LogP contribution is -2.40. The van der Waals surface area contributed by atoms with Gasteiger partial charge in [-0.3, -0.25) is 4.79 Å². The van der Waals surface area contributed by atoms with Gasteiger partial charge in [-0.1, -0.05) is 0 Å². The average molecular weight is 173 g/mol. The smallest absolute Gasteiger partial charge is 0.396 e. The molecular formula is C7H11NO4. The number of esters is 1. The van der Waals surface area contributed by atoms with E-state index in [4.69, 9.17) is 4.74 Å². The molecule has 5 nitrogen and oxygen atoms in total. The van der Waals surface area contributed by atoms with Crippen molar-refractivity contribution in [2.75, 3.05) is 20.3 Å². The quantitative estimate of drug-likeness (QED) is 0.411. The number of rotatable bonds is 1. The SMILES string of the molecule is COC(=O)C(=O)NC1CCOC1. The van der Waals surface area contributed by atoms with Crippen molar-refractivity contribution >= 4 is 11.9 Å². The highest BCUT2D eigenvalue weighted by Gasteiger charge is 2.21. The molecule has 5 heteroatoms. The Morgan fingerprint density at radius 1 is 1.58 bits per heavy atom. The van der Waals surface area contributed by atoms with Gasteiger partial charge in [0.2, 0.25) is 0 Å². The highest BCUT2D eigenvalue weighted by atomic mass is 16.5. The Hall–Kier alpha value is -1.10. The minimum Gasteiger partial charge on any atom is -0.462 e. The molecule has 0 aromatic heterocycles. The molecule has 1 aliphatic rings. The molecule has 1 aliphatic heterocycles. The lowest BCUT2D eigenvalue weighted by molar-refractivity contribution is -0.153. The first-order valence-corrected chi connectivity index (χ1v) is 3.70. The minimum absolute atomic E-state index is 0.0448. The first-order chi connectivity index (χ1) is 5.74. The number of nitrogens with one attached hydrogen (secondary N) is 1. The standard InChI is InChI=1S/C7H11NO4/c1-11-7(10)6(9)8-5-2-3-12-4-5/h5H,2-4H2,1H3,(H,8,9). The van der Waals surface area contributed by atoms with Gasteiger partial charge in [0.1, 0.15) is 0 Å². The molecule has 1 unspecified atom stereocenters. The number of carbonyl (C=O) groups excluding carboxylic acids is 2. The lowest BCUT2D eigenvalue weighted by atomic mass is 10.2. The van der Waals surface area contributed by atoms with Crippen LogP contribution in [0.25, 0.3) is 0 Å². The van der Waals surface area contributed by atoms with Crippen LogP contribution in [0.5, 0.6) is 0 Å². The van der Waals surface area contributed by atoms with Crippen LogP contribution in [0.2, 0.25) is 0 Å². The third kappa shape index (κ3) is 2.20. The van der Waals surface area contributed by atoms with Gasteiger partial charge in [-0.2, -0.15) is 0 Å². The molecule has 1 N–H and O–H groups in total. The molecule has 1 atom stereocenters. The van der Waals surface area contributed by atoms with E-state index in [-0.39, 0.29) is 6.04 Å². The predicted molar refractivity (Wildman–Crippen MR) is 39.4 cm³/mol. The summed E-state index contributed by atoms with van der Waals surface area (Å²) in [5, 5.41) is 2.49. The van der Waals surface area contributed by atoms with Gasteiger partial charge in [0.15, 0.2) is 0 Å². The molecule has 1 fully saturated rings. The van der Waals surface area contributed by atoms with Crippen molar-refractivity contribution in [3.05, 3.63) is 0 Å². The Morgan fingerprint density at radius 3 is 2.83 bits per heavy atom. The summed E-state index contributed by atoms with van der Waals surface area (Å²) in [7, 11) is 1.17. The van der Waals surface area contributed by atoms with Crippen LogP contribution in [0.4, 0.5) is 0 Å². The minimum atomic E-state index is -0.859. The number of ether oxygens (including phenoxy) is 2. The fourth-order valence-electron chi connectivity index (χ4n) is 0.985. The van der Waals surface area contributed by atoms with Gasteiger partial charge < -0.3 is 14.8 Å². The van der Waals surface area contributed by atoms with E-state index in [1.54, 1.807) is 0 Å². The van der Waals surface area contributed by atoms with E-state index in [0.29, 0.717) is 13.2 Å². The molecular weight excluding hydrogens is 162 g/mol. The highest BCUT2D eigenvalue weighted by molar-refractivity contribution is 6.32. The number of hydrogen-bond acceptors (Lipinski definition) is 4. The summed E-state index contributed by atoms with van der Waals surface area (Å²) in [6, 6.07) is -0.0448. The fraction of sp³-hybridized carbons (Fsp3) is 0.714. The molecule has 1 heterocycles. The summed E-state index contributed by atoms with van der Waals surface area (Å²) in [5.74, 6) is -1.56. The number of amides is 1. The van der Waals surface area contributed by atoms with E-state index in [0.717, 1.165) is 6.42 Å². The Morgan fingerprint density at radius 2 is 2.33 bits per heavy atom. The zero-order chi connectivity index (χ0) is 8.97. The van der Waals surface area contributed by atoms with E-state index >= 15 is 0 Å². The molecule has 0 aliphatic carbocycles. The van der Waals surface area contributed by atoms with Crippen LogP contribution in [0.15, 0.2) is 0 Å². The van der Waals surface area contributed by atoms with E-state index in [2.05, 4.69) is 10.1 Å². The van der Waals surface area contributed by atoms with Crippen LogP contribution in [0.3, 0.4) is 0 Å². The normalized spacial score (nSPS) is 21.9. The third-order valence-corrected chi connectivity index (χ3v) is 1.64. The molecule has 1 rings (SSSR count). The number of methoxy groups -OCH3 is 1. The van der Waals surface area contributed by atoms with Crippen LogP contribution < -0.4 is 5.32 Å². The summed E-state index contributed by atoms with van der Waals surface area (Å²) in [6.07, 6.45) is 0.753. The maximum absolute atomic E-state index is 10.9. The van der Waals surface area contributed by atoms with Crippen molar-refractivity contribution in [2.24, 2.45) is 0 Å². The largest absolute Gasteiger partial charge is 0.462 e. The van der Waals surface area contributed by atoms with E-state index in [1.807, 2.05) is 0 Å². The number of hydrogen-bond donors (Lipinski definition) is 1. The molecule has 0 saturated carbocycles. The molecule has 68 valence electrons. The Bertz CT molecular complexity index is 186. The molecule has 0 radical (unpaired) electrons. The Balaban J connectivity index is 2.29. The van der Waals surface area contributed by atoms with E-state index in [1.165, 1.54) is 7.11 Å². The third-order valence-electron chi connectivity index (χ3n) is 1.64. The monoisotopic (exact) mass is 173 g/mol. The van der Waals surface area contributed by atoms with E-state index < -0.39 is 11.9 Å². The van der Waals surface area contributed by atoms with Gasteiger partial charge in [-0.25, -0.2) is 4.79 Å². The zero-order valence-corrected chi connectivity index (χ0v) is 6.83. The molecule has 1 saturated heterocycles. The summed E-state index contributed by atoms with van der Waals surface area (Å²) in [5.41, 5.74) is 0. The molecule has 0 aromatic carbocycles.